The summed E-state index contributed by atoms with van der Waals surface area (Å²) in [6, 6.07) is 1.25. The molecule has 9 heteroatoms. The number of halogens is 1. The number of hydrogen-bond donors (Lipinski definition) is 0. The van der Waals surface area contributed by atoms with E-state index in [1.54, 1.807) is 20.8 Å². The highest BCUT2D eigenvalue weighted by molar-refractivity contribution is 7.92. The molecular weight excluding hydrogens is 342 g/mol. The average Bonchev–Trinajstić information content (AvgIpc) is 2.45. The first kappa shape index (κ1) is 17.9. The number of aromatic nitrogens is 2. The third kappa shape index (κ3) is 4.54. The summed E-state index contributed by atoms with van der Waals surface area (Å²) >= 11 is 5.73. The molecule has 0 atom stereocenters. The third-order valence-electron chi connectivity index (χ3n) is 3.43. The Balaban J connectivity index is 2.03. The molecule has 0 N–H and O–H groups in total. The van der Waals surface area contributed by atoms with Crippen LogP contribution in [0.2, 0.25) is 5.15 Å². The highest BCUT2D eigenvalue weighted by Gasteiger charge is 2.35. The van der Waals surface area contributed by atoms with E-state index in [2.05, 4.69) is 9.97 Å². The van der Waals surface area contributed by atoms with Crippen LogP contribution in [0.5, 0.6) is 0 Å². The largest absolute Gasteiger partial charge is 0.444 e. The first-order valence-corrected chi connectivity index (χ1v) is 9.21. The van der Waals surface area contributed by atoms with Crippen molar-refractivity contribution >= 4 is 27.5 Å². The Hall–Kier alpha value is -1.41. The van der Waals surface area contributed by atoms with Gasteiger partial charge in [-0.2, -0.15) is 0 Å². The van der Waals surface area contributed by atoms with E-state index < -0.39 is 26.8 Å². The number of sulfone groups is 1. The van der Waals surface area contributed by atoms with Gasteiger partial charge < -0.3 is 9.64 Å². The van der Waals surface area contributed by atoms with E-state index in [1.807, 2.05) is 0 Å². The normalized spacial score (nSPS) is 17.1. The minimum Gasteiger partial charge on any atom is -0.444 e. The van der Waals surface area contributed by atoms with Gasteiger partial charge in [0, 0.05) is 19.2 Å². The second-order valence-corrected chi connectivity index (χ2v) is 8.95. The van der Waals surface area contributed by atoms with Gasteiger partial charge in [-0.05, 0) is 33.6 Å². The SMILES string of the molecule is CC(C)(C)OC(=O)N1CCC(S(=O)(=O)c2cc(Cl)ncn2)CC1. The number of likely N-dealkylation sites (tertiary alicyclic amines) is 1. The van der Waals surface area contributed by atoms with Crippen LogP contribution in [0.1, 0.15) is 33.6 Å². The summed E-state index contributed by atoms with van der Waals surface area (Å²) in [5.74, 6) is 0. The average molecular weight is 362 g/mol. The van der Waals surface area contributed by atoms with Gasteiger partial charge in [-0.1, -0.05) is 11.6 Å². The smallest absolute Gasteiger partial charge is 0.410 e. The molecule has 1 fully saturated rings. The Bertz CT molecular complexity index is 680. The van der Waals surface area contributed by atoms with Crippen LogP contribution in [0, 0.1) is 0 Å². The molecule has 0 radical (unpaired) electrons. The fraction of sp³-hybridized carbons (Fsp3) is 0.643. The molecular formula is C14H20ClN3O4S. The van der Waals surface area contributed by atoms with Crippen molar-refractivity contribution in [1.82, 2.24) is 14.9 Å². The van der Waals surface area contributed by atoms with Crippen LogP contribution in [0.25, 0.3) is 0 Å². The highest BCUT2D eigenvalue weighted by Crippen LogP contribution is 2.25. The number of hydrogen-bond acceptors (Lipinski definition) is 6. The molecule has 0 saturated carbocycles. The van der Waals surface area contributed by atoms with Crippen LogP contribution in [0.4, 0.5) is 4.79 Å². The van der Waals surface area contributed by atoms with Gasteiger partial charge in [0.15, 0.2) is 14.9 Å². The molecule has 0 unspecified atom stereocenters. The van der Waals surface area contributed by atoms with E-state index >= 15 is 0 Å². The van der Waals surface area contributed by atoms with Gasteiger partial charge in [-0.15, -0.1) is 0 Å². The van der Waals surface area contributed by atoms with Crippen LogP contribution < -0.4 is 0 Å². The van der Waals surface area contributed by atoms with Crippen molar-refractivity contribution in [3.05, 3.63) is 17.5 Å². The van der Waals surface area contributed by atoms with E-state index in [-0.39, 0.29) is 10.2 Å². The molecule has 1 amide bonds. The number of amides is 1. The van der Waals surface area contributed by atoms with Crippen molar-refractivity contribution in [3.8, 4) is 0 Å². The Morgan fingerprint density at radius 3 is 2.43 bits per heavy atom. The lowest BCUT2D eigenvalue weighted by Crippen LogP contribution is -2.44. The van der Waals surface area contributed by atoms with Gasteiger partial charge in [0.1, 0.15) is 17.1 Å². The van der Waals surface area contributed by atoms with E-state index in [1.165, 1.54) is 11.0 Å². The van der Waals surface area contributed by atoms with E-state index in [4.69, 9.17) is 16.3 Å². The predicted molar refractivity (Wildman–Crippen MR) is 85.1 cm³/mol. The maximum Gasteiger partial charge on any atom is 0.410 e. The lowest BCUT2D eigenvalue weighted by molar-refractivity contribution is 0.0217. The van der Waals surface area contributed by atoms with Crippen molar-refractivity contribution in [2.45, 2.75) is 49.5 Å². The standard InChI is InChI=1S/C14H20ClN3O4S/c1-14(2,3)22-13(19)18-6-4-10(5-7-18)23(20,21)12-8-11(15)16-9-17-12/h8-10H,4-7H2,1-3H3. The molecule has 1 aliphatic rings. The number of rotatable bonds is 2. The zero-order valence-electron chi connectivity index (χ0n) is 13.3. The fourth-order valence-electron chi connectivity index (χ4n) is 2.32. The molecule has 128 valence electrons. The lowest BCUT2D eigenvalue weighted by atomic mass is 10.1. The van der Waals surface area contributed by atoms with Gasteiger partial charge in [-0.3, -0.25) is 0 Å². The summed E-state index contributed by atoms with van der Waals surface area (Å²) in [7, 11) is -3.58. The number of ether oxygens (including phenoxy) is 1. The molecule has 0 aliphatic carbocycles. The van der Waals surface area contributed by atoms with Crippen molar-refractivity contribution < 1.29 is 17.9 Å². The lowest BCUT2D eigenvalue weighted by Gasteiger charge is -2.33. The van der Waals surface area contributed by atoms with Crippen molar-refractivity contribution in [2.24, 2.45) is 0 Å². The number of carbonyl (C=O) groups is 1. The molecule has 0 spiro atoms. The molecule has 1 aliphatic heterocycles. The Morgan fingerprint density at radius 1 is 1.30 bits per heavy atom. The second kappa shape index (κ2) is 6.60. The van der Waals surface area contributed by atoms with Gasteiger partial charge >= 0.3 is 6.09 Å². The zero-order chi connectivity index (χ0) is 17.3. The monoisotopic (exact) mass is 361 g/mol. The zero-order valence-corrected chi connectivity index (χ0v) is 14.9. The number of carbonyl (C=O) groups excluding carboxylic acids is 1. The van der Waals surface area contributed by atoms with Crippen LogP contribution in [0.3, 0.4) is 0 Å². The second-order valence-electron chi connectivity index (χ2n) is 6.39. The van der Waals surface area contributed by atoms with Crippen molar-refractivity contribution in [3.63, 3.8) is 0 Å². The summed E-state index contributed by atoms with van der Waals surface area (Å²) in [4.78, 5) is 21.0. The Labute approximate surface area is 140 Å². The van der Waals surface area contributed by atoms with Crippen molar-refractivity contribution in [2.75, 3.05) is 13.1 Å². The number of piperidine rings is 1. The molecule has 1 saturated heterocycles. The summed E-state index contributed by atoms with van der Waals surface area (Å²) in [6.07, 6.45) is 1.38. The molecule has 0 bridgehead atoms. The van der Waals surface area contributed by atoms with Crippen LogP contribution in [0.15, 0.2) is 17.4 Å². The van der Waals surface area contributed by atoms with E-state index in [0.717, 1.165) is 6.33 Å². The quantitative estimate of drug-likeness (QED) is 0.751. The molecule has 2 heterocycles. The minimum atomic E-state index is -3.58. The van der Waals surface area contributed by atoms with Crippen LogP contribution >= 0.6 is 11.6 Å². The van der Waals surface area contributed by atoms with Gasteiger partial charge in [-0.25, -0.2) is 23.2 Å². The maximum absolute atomic E-state index is 12.6. The molecule has 0 aromatic carbocycles. The third-order valence-corrected chi connectivity index (χ3v) is 5.79. The molecule has 23 heavy (non-hydrogen) atoms. The first-order valence-electron chi connectivity index (χ1n) is 7.29. The van der Waals surface area contributed by atoms with Gasteiger partial charge in [0.25, 0.3) is 0 Å². The maximum atomic E-state index is 12.6. The summed E-state index contributed by atoms with van der Waals surface area (Å²) in [5.41, 5.74) is -0.572. The van der Waals surface area contributed by atoms with E-state index in [9.17, 15) is 13.2 Å². The molecule has 2 rings (SSSR count). The van der Waals surface area contributed by atoms with Crippen LogP contribution in [-0.4, -0.2) is 53.3 Å². The predicted octanol–water partition coefficient (Wildman–Crippen LogP) is 2.30. The fourth-order valence-corrected chi connectivity index (χ4v) is 4.17. The van der Waals surface area contributed by atoms with Gasteiger partial charge in [0.2, 0.25) is 0 Å². The van der Waals surface area contributed by atoms with Crippen LogP contribution in [-0.2, 0) is 14.6 Å². The molecule has 1 aromatic heterocycles. The molecule has 1 aromatic rings. The summed E-state index contributed by atoms with van der Waals surface area (Å²) in [5, 5.41) is -0.579. The Morgan fingerprint density at radius 2 is 1.91 bits per heavy atom. The summed E-state index contributed by atoms with van der Waals surface area (Å²) in [6.45, 7) is 6.04. The topological polar surface area (TPSA) is 89.5 Å². The summed E-state index contributed by atoms with van der Waals surface area (Å²) < 4.78 is 30.4. The highest BCUT2D eigenvalue weighted by atomic mass is 35.5. The van der Waals surface area contributed by atoms with E-state index in [0.29, 0.717) is 25.9 Å². The van der Waals surface area contributed by atoms with Crippen molar-refractivity contribution in [1.29, 1.82) is 0 Å². The first-order chi connectivity index (χ1) is 10.6. The molecule has 7 nitrogen and oxygen atoms in total. The Kier molecular flexibility index (Phi) is 5.15. The number of nitrogens with zero attached hydrogens (tertiary/aromatic N) is 3. The minimum absolute atomic E-state index is 0.0757. The van der Waals surface area contributed by atoms with Gasteiger partial charge in [0.05, 0.1) is 5.25 Å².